The maximum atomic E-state index is 12.0. The third-order valence-electron chi connectivity index (χ3n) is 3.34. The zero-order valence-electron chi connectivity index (χ0n) is 10.6. The highest BCUT2D eigenvalue weighted by atomic mass is 16.1. The smallest absolute Gasteiger partial charge is 0.251 e. The van der Waals surface area contributed by atoms with Gasteiger partial charge in [0.1, 0.15) is 6.29 Å². The Labute approximate surface area is 107 Å². The van der Waals surface area contributed by atoms with Crippen LogP contribution in [0.3, 0.4) is 0 Å². The molecule has 0 unspecified atom stereocenters. The van der Waals surface area contributed by atoms with Crippen molar-refractivity contribution in [2.24, 2.45) is 0 Å². The van der Waals surface area contributed by atoms with Gasteiger partial charge in [-0.1, -0.05) is 12.1 Å². The fourth-order valence-electron chi connectivity index (χ4n) is 2.17. The molecule has 18 heavy (non-hydrogen) atoms. The quantitative estimate of drug-likeness (QED) is 0.818. The number of amides is 1. The Kier molecular flexibility index (Phi) is 4.10. The Balaban J connectivity index is 1.96. The molecule has 96 valence electrons. The zero-order valence-corrected chi connectivity index (χ0v) is 10.6. The Bertz CT molecular complexity index is 437. The molecule has 0 spiro atoms. The molecule has 0 aliphatic carbocycles. The molecule has 1 aromatic rings. The van der Waals surface area contributed by atoms with Crippen LogP contribution in [-0.4, -0.2) is 43.3 Å². The molecule has 1 saturated heterocycles. The molecule has 1 aliphatic heterocycles. The topological polar surface area (TPSA) is 49.4 Å². The van der Waals surface area contributed by atoms with Crippen LogP contribution in [-0.2, 0) is 0 Å². The van der Waals surface area contributed by atoms with Gasteiger partial charge in [-0.15, -0.1) is 0 Å². The summed E-state index contributed by atoms with van der Waals surface area (Å²) in [5, 5.41) is 3.03. The summed E-state index contributed by atoms with van der Waals surface area (Å²) in [5.41, 5.74) is 1.09. The second kappa shape index (κ2) is 5.78. The van der Waals surface area contributed by atoms with E-state index in [-0.39, 0.29) is 11.9 Å². The molecule has 1 N–H and O–H groups in total. The maximum absolute atomic E-state index is 12.0. The van der Waals surface area contributed by atoms with Crippen LogP contribution >= 0.6 is 0 Å². The number of carbonyl (C=O) groups is 2. The number of benzene rings is 1. The highest BCUT2D eigenvalue weighted by molar-refractivity contribution is 5.95. The maximum Gasteiger partial charge on any atom is 0.251 e. The number of hydrogen-bond donors (Lipinski definition) is 1. The van der Waals surface area contributed by atoms with E-state index in [4.69, 9.17) is 0 Å². The van der Waals surface area contributed by atoms with E-state index < -0.39 is 0 Å². The van der Waals surface area contributed by atoms with Crippen LogP contribution in [0.1, 0.15) is 33.6 Å². The van der Waals surface area contributed by atoms with Crippen LogP contribution in [0.2, 0.25) is 0 Å². The number of piperidine rings is 1. The molecule has 4 nitrogen and oxygen atoms in total. The van der Waals surface area contributed by atoms with Gasteiger partial charge in [-0.05, 0) is 45.1 Å². The molecule has 2 rings (SSSR count). The highest BCUT2D eigenvalue weighted by Gasteiger charge is 2.18. The van der Waals surface area contributed by atoms with Gasteiger partial charge in [0.2, 0.25) is 0 Å². The summed E-state index contributed by atoms with van der Waals surface area (Å²) in [6.07, 6.45) is 2.72. The lowest BCUT2D eigenvalue weighted by atomic mass is 10.0. The van der Waals surface area contributed by atoms with Crippen LogP contribution in [0.15, 0.2) is 24.3 Å². The second-order valence-corrected chi connectivity index (χ2v) is 4.79. The van der Waals surface area contributed by atoms with Crippen molar-refractivity contribution in [3.05, 3.63) is 35.4 Å². The van der Waals surface area contributed by atoms with E-state index in [1.807, 2.05) is 0 Å². The summed E-state index contributed by atoms with van der Waals surface area (Å²) in [7, 11) is 2.09. The Morgan fingerprint density at radius 2 is 2.11 bits per heavy atom. The van der Waals surface area contributed by atoms with Crippen molar-refractivity contribution in [2.75, 3.05) is 20.1 Å². The first kappa shape index (κ1) is 12.8. The summed E-state index contributed by atoms with van der Waals surface area (Å²) >= 11 is 0. The van der Waals surface area contributed by atoms with Crippen molar-refractivity contribution in [2.45, 2.75) is 18.9 Å². The van der Waals surface area contributed by atoms with Crippen molar-refractivity contribution >= 4 is 12.2 Å². The van der Waals surface area contributed by atoms with E-state index in [1.54, 1.807) is 24.3 Å². The first-order valence-corrected chi connectivity index (χ1v) is 6.23. The summed E-state index contributed by atoms with van der Waals surface area (Å²) in [6.45, 7) is 2.03. The van der Waals surface area contributed by atoms with E-state index in [0.717, 1.165) is 32.2 Å². The van der Waals surface area contributed by atoms with Crippen LogP contribution < -0.4 is 5.32 Å². The van der Waals surface area contributed by atoms with Crippen LogP contribution in [0.4, 0.5) is 0 Å². The Morgan fingerprint density at radius 3 is 2.78 bits per heavy atom. The van der Waals surface area contributed by atoms with E-state index in [0.29, 0.717) is 11.1 Å². The fraction of sp³-hybridized carbons (Fsp3) is 0.429. The summed E-state index contributed by atoms with van der Waals surface area (Å²) in [5.74, 6) is -0.0896. The normalized spacial score (nSPS) is 17.4. The monoisotopic (exact) mass is 246 g/mol. The van der Waals surface area contributed by atoms with Crippen molar-refractivity contribution in [3.8, 4) is 0 Å². The second-order valence-electron chi connectivity index (χ2n) is 4.79. The van der Waals surface area contributed by atoms with Gasteiger partial charge in [0, 0.05) is 17.2 Å². The third-order valence-corrected chi connectivity index (χ3v) is 3.34. The van der Waals surface area contributed by atoms with Gasteiger partial charge in [0.05, 0.1) is 0 Å². The summed E-state index contributed by atoms with van der Waals surface area (Å²) in [4.78, 5) is 25.0. The third kappa shape index (κ3) is 3.17. The van der Waals surface area contributed by atoms with Gasteiger partial charge in [0.15, 0.2) is 0 Å². The number of nitrogens with zero attached hydrogens (tertiary/aromatic N) is 1. The molecule has 1 fully saturated rings. The molecule has 0 aromatic heterocycles. The number of carbonyl (C=O) groups excluding carboxylic acids is 2. The lowest BCUT2D eigenvalue weighted by Crippen LogP contribution is -2.43. The number of rotatable bonds is 3. The van der Waals surface area contributed by atoms with Gasteiger partial charge < -0.3 is 10.2 Å². The average molecular weight is 246 g/mol. The number of hydrogen-bond acceptors (Lipinski definition) is 3. The SMILES string of the molecule is CN1CCC(NC(=O)c2cccc(C=O)c2)CC1. The molecule has 4 heteroatoms. The molecule has 0 bridgehead atoms. The number of likely N-dealkylation sites (tertiary alicyclic amines) is 1. The minimum absolute atomic E-state index is 0.0896. The van der Waals surface area contributed by atoms with Gasteiger partial charge >= 0.3 is 0 Å². The van der Waals surface area contributed by atoms with Crippen LogP contribution in [0, 0.1) is 0 Å². The molecule has 1 aromatic carbocycles. The molecular formula is C14H18N2O2. The average Bonchev–Trinajstić information content (AvgIpc) is 2.41. The van der Waals surface area contributed by atoms with Gasteiger partial charge in [0.25, 0.3) is 5.91 Å². The van der Waals surface area contributed by atoms with Gasteiger partial charge in [-0.3, -0.25) is 9.59 Å². The van der Waals surface area contributed by atoms with Crippen molar-refractivity contribution < 1.29 is 9.59 Å². The van der Waals surface area contributed by atoms with E-state index >= 15 is 0 Å². The molecule has 1 heterocycles. The minimum atomic E-state index is -0.0896. The van der Waals surface area contributed by atoms with Crippen LogP contribution in [0.5, 0.6) is 0 Å². The molecule has 0 saturated carbocycles. The molecule has 1 aliphatic rings. The zero-order chi connectivity index (χ0) is 13.0. The summed E-state index contributed by atoms with van der Waals surface area (Å²) < 4.78 is 0. The van der Waals surface area contributed by atoms with Gasteiger partial charge in [-0.25, -0.2) is 0 Å². The van der Waals surface area contributed by atoms with Crippen LogP contribution in [0.25, 0.3) is 0 Å². The largest absolute Gasteiger partial charge is 0.349 e. The minimum Gasteiger partial charge on any atom is -0.349 e. The highest BCUT2D eigenvalue weighted by Crippen LogP contribution is 2.10. The first-order valence-electron chi connectivity index (χ1n) is 6.23. The predicted molar refractivity (Wildman–Crippen MR) is 69.8 cm³/mol. The Morgan fingerprint density at radius 1 is 1.39 bits per heavy atom. The predicted octanol–water partition coefficient (Wildman–Crippen LogP) is 1.32. The number of nitrogens with one attached hydrogen (secondary N) is 1. The van der Waals surface area contributed by atoms with Crippen molar-refractivity contribution in [1.82, 2.24) is 10.2 Å². The van der Waals surface area contributed by atoms with Crippen molar-refractivity contribution in [1.29, 1.82) is 0 Å². The fourth-order valence-corrected chi connectivity index (χ4v) is 2.17. The van der Waals surface area contributed by atoms with E-state index in [9.17, 15) is 9.59 Å². The Hall–Kier alpha value is -1.68. The molecular weight excluding hydrogens is 228 g/mol. The summed E-state index contributed by atoms with van der Waals surface area (Å²) in [6, 6.07) is 7.02. The lowest BCUT2D eigenvalue weighted by Gasteiger charge is -2.29. The first-order chi connectivity index (χ1) is 8.69. The van der Waals surface area contributed by atoms with Gasteiger partial charge in [-0.2, -0.15) is 0 Å². The molecule has 1 amide bonds. The molecule has 0 atom stereocenters. The standard InChI is InChI=1S/C14H18N2O2/c1-16-7-5-13(6-8-16)15-14(18)12-4-2-3-11(9-12)10-17/h2-4,9-10,13H,5-8H2,1H3,(H,15,18). The van der Waals surface area contributed by atoms with E-state index in [2.05, 4.69) is 17.3 Å². The van der Waals surface area contributed by atoms with E-state index in [1.165, 1.54) is 0 Å². The lowest BCUT2D eigenvalue weighted by molar-refractivity contribution is 0.0917. The number of aldehydes is 1. The van der Waals surface area contributed by atoms with Crippen molar-refractivity contribution in [3.63, 3.8) is 0 Å². The molecule has 0 radical (unpaired) electrons.